The van der Waals surface area contributed by atoms with Crippen molar-refractivity contribution in [1.82, 2.24) is 20.4 Å². The molecule has 30 heavy (non-hydrogen) atoms. The average Bonchev–Trinajstić information content (AvgIpc) is 3.03. The number of hydrogen-bond donors (Lipinski definition) is 2. The first-order chi connectivity index (χ1) is 14.6. The molecule has 0 aromatic heterocycles. The summed E-state index contributed by atoms with van der Waals surface area (Å²) in [7, 11) is 1.84. The molecule has 2 saturated heterocycles. The van der Waals surface area contributed by atoms with Crippen LogP contribution in [0.15, 0.2) is 29.3 Å². The van der Waals surface area contributed by atoms with Gasteiger partial charge in [0.05, 0.1) is 13.2 Å². The molecule has 2 heterocycles. The molecular formula is C24H41N5O. The Labute approximate surface area is 183 Å². The van der Waals surface area contributed by atoms with Crippen molar-refractivity contribution in [3.05, 3.63) is 35.4 Å². The fraction of sp³-hybridized carbons (Fsp3) is 0.708. The van der Waals surface area contributed by atoms with Gasteiger partial charge in [-0.05, 0) is 50.9 Å². The smallest absolute Gasteiger partial charge is 0.191 e. The largest absolute Gasteiger partial charge is 0.379 e. The van der Waals surface area contributed by atoms with Crippen LogP contribution in [0.1, 0.15) is 50.7 Å². The Balaban J connectivity index is 1.47. The number of ether oxygens (including phenoxy) is 1. The van der Waals surface area contributed by atoms with Crippen LogP contribution in [-0.2, 0) is 17.8 Å². The van der Waals surface area contributed by atoms with Crippen molar-refractivity contribution in [2.75, 3.05) is 53.0 Å². The van der Waals surface area contributed by atoms with E-state index in [-0.39, 0.29) is 5.54 Å². The monoisotopic (exact) mass is 415 g/mol. The van der Waals surface area contributed by atoms with E-state index >= 15 is 0 Å². The summed E-state index contributed by atoms with van der Waals surface area (Å²) < 4.78 is 5.49. The van der Waals surface area contributed by atoms with E-state index < -0.39 is 0 Å². The van der Waals surface area contributed by atoms with E-state index in [0.717, 1.165) is 51.9 Å². The molecular weight excluding hydrogens is 374 g/mol. The highest BCUT2D eigenvalue weighted by molar-refractivity contribution is 5.79. The van der Waals surface area contributed by atoms with Gasteiger partial charge in [-0.3, -0.25) is 14.8 Å². The van der Waals surface area contributed by atoms with E-state index in [1.807, 2.05) is 7.05 Å². The number of nitrogens with zero attached hydrogens (tertiary/aromatic N) is 3. The molecule has 168 valence electrons. The predicted octanol–water partition coefficient (Wildman–Crippen LogP) is 2.84. The second-order valence-electron chi connectivity index (χ2n) is 9.20. The number of benzene rings is 1. The minimum atomic E-state index is 0.0640. The summed E-state index contributed by atoms with van der Waals surface area (Å²) in [5.74, 6) is 0.856. The van der Waals surface area contributed by atoms with Gasteiger partial charge in [-0.2, -0.15) is 0 Å². The van der Waals surface area contributed by atoms with Crippen LogP contribution in [-0.4, -0.2) is 74.3 Å². The SMILES string of the molecule is CN=C(NCc1cccc(CN2CCCCCC2)c1)NCC(C)(C)N1CCOCC1. The van der Waals surface area contributed by atoms with E-state index in [4.69, 9.17) is 4.74 Å². The van der Waals surface area contributed by atoms with Gasteiger partial charge in [0.15, 0.2) is 5.96 Å². The topological polar surface area (TPSA) is 52.1 Å². The van der Waals surface area contributed by atoms with Crippen LogP contribution in [0, 0.1) is 0 Å². The summed E-state index contributed by atoms with van der Waals surface area (Å²) in [6.07, 6.45) is 5.44. The quantitative estimate of drug-likeness (QED) is 0.530. The molecule has 2 aliphatic heterocycles. The molecule has 0 amide bonds. The van der Waals surface area contributed by atoms with Crippen LogP contribution in [0.2, 0.25) is 0 Å². The molecule has 3 rings (SSSR count). The lowest BCUT2D eigenvalue weighted by molar-refractivity contribution is -0.00834. The molecule has 1 aromatic rings. The van der Waals surface area contributed by atoms with E-state index in [0.29, 0.717) is 0 Å². The fourth-order valence-corrected chi connectivity index (χ4v) is 4.38. The standard InChI is InChI=1S/C24H41N5O/c1-24(2,29-13-15-30-16-14-29)20-27-23(25-3)26-18-21-9-8-10-22(17-21)19-28-11-6-4-5-7-12-28/h8-10,17H,4-7,11-16,18-20H2,1-3H3,(H2,25,26,27). The molecule has 0 atom stereocenters. The number of guanidine groups is 1. The number of morpholine rings is 1. The molecule has 0 unspecified atom stereocenters. The van der Waals surface area contributed by atoms with Crippen LogP contribution in [0.4, 0.5) is 0 Å². The minimum absolute atomic E-state index is 0.0640. The van der Waals surface area contributed by atoms with Crippen molar-refractivity contribution >= 4 is 5.96 Å². The summed E-state index contributed by atoms with van der Waals surface area (Å²) >= 11 is 0. The van der Waals surface area contributed by atoms with Crippen LogP contribution < -0.4 is 10.6 Å². The van der Waals surface area contributed by atoms with Gasteiger partial charge in [0.1, 0.15) is 0 Å². The van der Waals surface area contributed by atoms with Crippen LogP contribution >= 0.6 is 0 Å². The first-order valence-electron chi connectivity index (χ1n) is 11.6. The predicted molar refractivity (Wildman–Crippen MR) is 125 cm³/mol. The normalized spacial score (nSPS) is 20.0. The van der Waals surface area contributed by atoms with Gasteiger partial charge in [-0.25, -0.2) is 0 Å². The first kappa shape index (κ1) is 23.0. The highest BCUT2D eigenvalue weighted by Gasteiger charge is 2.28. The molecule has 0 spiro atoms. The molecule has 0 radical (unpaired) electrons. The van der Waals surface area contributed by atoms with Gasteiger partial charge in [0, 0.05) is 45.3 Å². The highest BCUT2D eigenvalue weighted by Crippen LogP contribution is 2.16. The van der Waals surface area contributed by atoms with Crippen LogP contribution in [0.25, 0.3) is 0 Å². The number of rotatable bonds is 7. The van der Waals surface area contributed by atoms with Gasteiger partial charge in [-0.15, -0.1) is 0 Å². The lowest BCUT2D eigenvalue weighted by atomic mass is 10.0. The minimum Gasteiger partial charge on any atom is -0.379 e. The van der Waals surface area contributed by atoms with E-state index in [9.17, 15) is 0 Å². The van der Waals surface area contributed by atoms with Gasteiger partial charge < -0.3 is 15.4 Å². The van der Waals surface area contributed by atoms with E-state index in [1.165, 1.54) is 49.9 Å². The van der Waals surface area contributed by atoms with E-state index in [2.05, 4.69) is 63.5 Å². The van der Waals surface area contributed by atoms with Crippen LogP contribution in [0.5, 0.6) is 0 Å². The third-order valence-electron chi connectivity index (χ3n) is 6.34. The maximum atomic E-state index is 5.49. The Kier molecular flexibility index (Phi) is 8.97. The number of nitrogens with one attached hydrogen (secondary N) is 2. The van der Waals surface area contributed by atoms with Crippen LogP contribution in [0.3, 0.4) is 0 Å². The fourth-order valence-electron chi connectivity index (χ4n) is 4.38. The van der Waals surface area contributed by atoms with Crippen molar-refractivity contribution in [3.8, 4) is 0 Å². The lowest BCUT2D eigenvalue weighted by Crippen LogP contribution is -2.56. The second-order valence-corrected chi connectivity index (χ2v) is 9.20. The third-order valence-corrected chi connectivity index (χ3v) is 6.34. The van der Waals surface area contributed by atoms with Gasteiger partial charge in [0.25, 0.3) is 0 Å². The molecule has 2 aliphatic rings. The summed E-state index contributed by atoms with van der Waals surface area (Å²) in [6, 6.07) is 8.97. The zero-order chi connectivity index (χ0) is 21.2. The van der Waals surface area contributed by atoms with Gasteiger partial charge >= 0.3 is 0 Å². The Morgan fingerprint density at radius 3 is 2.40 bits per heavy atom. The Morgan fingerprint density at radius 1 is 1.00 bits per heavy atom. The summed E-state index contributed by atoms with van der Waals surface area (Å²) in [6.45, 7) is 13.4. The van der Waals surface area contributed by atoms with Crippen molar-refractivity contribution < 1.29 is 4.74 Å². The average molecular weight is 416 g/mol. The van der Waals surface area contributed by atoms with E-state index in [1.54, 1.807) is 0 Å². The zero-order valence-electron chi connectivity index (χ0n) is 19.3. The first-order valence-corrected chi connectivity index (χ1v) is 11.6. The summed E-state index contributed by atoms with van der Waals surface area (Å²) in [4.78, 5) is 9.51. The third kappa shape index (κ3) is 7.25. The summed E-state index contributed by atoms with van der Waals surface area (Å²) in [5.41, 5.74) is 2.78. The van der Waals surface area contributed by atoms with Crippen molar-refractivity contribution in [2.45, 2.75) is 58.2 Å². The molecule has 6 heteroatoms. The second kappa shape index (κ2) is 11.7. The number of likely N-dealkylation sites (tertiary alicyclic amines) is 1. The Bertz CT molecular complexity index is 661. The lowest BCUT2D eigenvalue weighted by Gasteiger charge is -2.41. The maximum absolute atomic E-state index is 5.49. The van der Waals surface area contributed by atoms with Gasteiger partial charge in [0.2, 0.25) is 0 Å². The number of hydrogen-bond acceptors (Lipinski definition) is 4. The number of aliphatic imine (C=N–C) groups is 1. The zero-order valence-corrected chi connectivity index (χ0v) is 19.3. The van der Waals surface area contributed by atoms with Crippen molar-refractivity contribution in [1.29, 1.82) is 0 Å². The van der Waals surface area contributed by atoms with Crippen molar-refractivity contribution in [2.24, 2.45) is 4.99 Å². The van der Waals surface area contributed by atoms with Crippen molar-refractivity contribution in [3.63, 3.8) is 0 Å². The molecule has 0 bridgehead atoms. The maximum Gasteiger partial charge on any atom is 0.191 e. The molecule has 2 N–H and O–H groups in total. The molecule has 6 nitrogen and oxygen atoms in total. The molecule has 0 saturated carbocycles. The molecule has 0 aliphatic carbocycles. The Morgan fingerprint density at radius 2 is 1.70 bits per heavy atom. The molecule has 2 fully saturated rings. The Hall–Kier alpha value is -1.63. The van der Waals surface area contributed by atoms with Gasteiger partial charge in [-0.1, -0.05) is 37.1 Å². The molecule has 1 aromatic carbocycles. The summed E-state index contributed by atoms with van der Waals surface area (Å²) in [5, 5.41) is 7.00. The highest BCUT2D eigenvalue weighted by atomic mass is 16.5.